The number of hydrogen-bond donors (Lipinski definition) is 0. The first-order chi connectivity index (χ1) is 15.0. The summed E-state index contributed by atoms with van der Waals surface area (Å²) in [6.45, 7) is 3.62. The van der Waals surface area contributed by atoms with Crippen molar-refractivity contribution in [1.29, 1.82) is 0 Å². The molecule has 31 heavy (non-hydrogen) atoms. The number of amides is 1. The lowest BCUT2D eigenvalue weighted by atomic mass is 9.89. The van der Waals surface area contributed by atoms with Crippen LogP contribution in [0.3, 0.4) is 0 Å². The van der Waals surface area contributed by atoms with Gasteiger partial charge in [-0.3, -0.25) is 4.79 Å². The average Bonchev–Trinajstić information content (AvgIpc) is 3.27. The van der Waals surface area contributed by atoms with Gasteiger partial charge in [0, 0.05) is 32.0 Å². The van der Waals surface area contributed by atoms with Gasteiger partial charge in [-0.1, -0.05) is 0 Å². The van der Waals surface area contributed by atoms with Crippen LogP contribution in [0, 0.1) is 11.6 Å². The summed E-state index contributed by atoms with van der Waals surface area (Å²) in [5.41, 5.74) is -0.411. The monoisotopic (exact) mass is 430 g/mol. The summed E-state index contributed by atoms with van der Waals surface area (Å²) in [5.74, 6) is -0.141. The van der Waals surface area contributed by atoms with Gasteiger partial charge in [0.05, 0.1) is 25.0 Å². The van der Waals surface area contributed by atoms with Crippen molar-refractivity contribution in [3.63, 3.8) is 0 Å². The fourth-order valence-electron chi connectivity index (χ4n) is 4.92. The Morgan fingerprint density at radius 3 is 2.45 bits per heavy atom. The fraction of sp³-hybridized carbons (Fsp3) is 0.500. The molecule has 164 valence electrons. The largest absolute Gasteiger partial charge is 0.491 e. The van der Waals surface area contributed by atoms with Crippen molar-refractivity contribution < 1.29 is 23.0 Å². The van der Waals surface area contributed by atoms with E-state index in [0.717, 1.165) is 6.07 Å². The minimum absolute atomic E-state index is 0.0862. The van der Waals surface area contributed by atoms with Crippen LogP contribution in [-0.2, 0) is 9.53 Å². The van der Waals surface area contributed by atoms with Gasteiger partial charge in [0.1, 0.15) is 17.9 Å². The maximum absolute atomic E-state index is 13.7. The lowest BCUT2D eigenvalue weighted by molar-refractivity contribution is -0.140. The van der Waals surface area contributed by atoms with E-state index in [9.17, 15) is 13.6 Å². The molecule has 0 saturated carbocycles. The molecule has 2 atom stereocenters. The summed E-state index contributed by atoms with van der Waals surface area (Å²) < 4.78 is 39.1. The summed E-state index contributed by atoms with van der Waals surface area (Å²) in [5, 5.41) is 0. The van der Waals surface area contributed by atoms with Crippen LogP contribution in [0.25, 0.3) is 0 Å². The molecule has 1 spiro atoms. The van der Waals surface area contributed by atoms with Crippen molar-refractivity contribution >= 4 is 11.9 Å². The number of rotatable bonds is 4. The summed E-state index contributed by atoms with van der Waals surface area (Å²) in [4.78, 5) is 25.9. The molecular weight excluding hydrogens is 406 g/mol. The second kappa shape index (κ2) is 7.71. The molecule has 1 amide bonds. The van der Waals surface area contributed by atoms with Gasteiger partial charge in [-0.15, -0.1) is 0 Å². The van der Waals surface area contributed by atoms with Crippen molar-refractivity contribution in [3.05, 3.63) is 47.8 Å². The Balaban J connectivity index is 1.30. The highest BCUT2D eigenvalue weighted by molar-refractivity contribution is 5.88. The van der Waals surface area contributed by atoms with Crippen molar-refractivity contribution in [3.8, 4) is 5.75 Å². The van der Waals surface area contributed by atoms with E-state index >= 15 is 0 Å². The van der Waals surface area contributed by atoms with Crippen molar-refractivity contribution in [2.45, 2.75) is 50.5 Å². The highest BCUT2D eigenvalue weighted by atomic mass is 19.1. The number of anilines is 1. The molecule has 5 rings (SSSR count). The zero-order valence-corrected chi connectivity index (χ0v) is 17.3. The average molecular weight is 430 g/mol. The number of fused-ring (bicyclic) bond motifs is 1. The topological polar surface area (TPSA) is 67.8 Å². The molecular formula is C22H24F2N4O3. The van der Waals surface area contributed by atoms with Gasteiger partial charge in [-0.05, 0) is 37.5 Å². The number of benzene rings is 1. The number of hydrogen-bond acceptors (Lipinski definition) is 6. The predicted molar refractivity (Wildman–Crippen MR) is 107 cm³/mol. The Kier molecular flexibility index (Phi) is 5.00. The van der Waals surface area contributed by atoms with Crippen LogP contribution >= 0.6 is 0 Å². The summed E-state index contributed by atoms with van der Waals surface area (Å²) in [6, 6.07) is 3.09. The van der Waals surface area contributed by atoms with Gasteiger partial charge in [-0.2, -0.15) is 0 Å². The van der Waals surface area contributed by atoms with E-state index in [1.807, 2.05) is 11.8 Å². The summed E-state index contributed by atoms with van der Waals surface area (Å²) >= 11 is 0. The van der Waals surface area contributed by atoms with E-state index in [4.69, 9.17) is 9.47 Å². The second-order valence-corrected chi connectivity index (χ2v) is 8.21. The van der Waals surface area contributed by atoms with Gasteiger partial charge in [0.15, 0.2) is 11.4 Å². The van der Waals surface area contributed by atoms with Crippen LogP contribution in [0.2, 0.25) is 0 Å². The van der Waals surface area contributed by atoms with Gasteiger partial charge >= 0.3 is 0 Å². The van der Waals surface area contributed by atoms with Crippen LogP contribution < -0.4 is 9.64 Å². The Hall–Kier alpha value is -2.81. The van der Waals surface area contributed by atoms with Gasteiger partial charge in [0.25, 0.3) is 5.91 Å². The Labute approximate surface area is 179 Å². The molecule has 3 fully saturated rings. The molecule has 1 aromatic heterocycles. The first kappa shape index (κ1) is 20.1. The first-order valence-electron chi connectivity index (χ1n) is 10.7. The third-order valence-corrected chi connectivity index (χ3v) is 6.37. The lowest BCUT2D eigenvalue weighted by Gasteiger charge is -2.37. The van der Waals surface area contributed by atoms with E-state index in [0.29, 0.717) is 62.6 Å². The number of carbonyl (C=O) groups excluding carboxylic acids is 1. The van der Waals surface area contributed by atoms with E-state index in [-0.39, 0.29) is 18.2 Å². The number of nitrogens with zero attached hydrogens (tertiary/aromatic N) is 4. The maximum atomic E-state index is 13.7. The van der Waals surface area contributed by atoms with Gasteiger partial charge in [0.2, 0.25) is 5.95 Å². The summed E-state index contributed by atoms with van der Waals surface area (Å²) in [7, 11) is 0. The molecule has 2 aromatic rings. The highest BCUT2D eigenvalue weighted by Crippen LogP contribution is 2.47. The molecule has 7 nitrogen and oxygen atoms in total. The Morgan fingerprint density at radius 2 is 1.81 bits per heavy atom. The standard InChI is InChI=1S/C22H24F2N4O3/c1-2-30-17-12-25-21(26-13-17)27-7-5-22(6-8-27)20(29)28-18(3-4-19(28)31-22)14-9-15(23)11-16(24)10-14/h9-13,18-19H,2-8H2,1H3/t18-,19+/m0/s1. The fourth-order valence-corrected chi connectivity index (χ4v) is 4.92. The molecule has 0 unspecified atom stereocenters. The SMILES string of the molecule is CCOc1cnc(N2CCC3(CC2)O[C@@H]2CC[C@@H](c4cc(F)cc(F)c4)N2C3=O)nc1. The number of aromatic nitrogens is 2. The first-order valence-corrected chi connectivity index (χ1v) is 10.7. The van der Waals surface area contributed by atoms with Crippen LogP contribution in [0.5, 0.6) is 5.75 Å². The lowest BCUT2D eigenvalue weighted by Crippen LogP contribution is -2.50. The Bertz CT molecular complexity index is 959. The van der Waals surface area contributed by atoms with Crippen LogP contribution in [0.1, 0.15) is 44.2 Å². The van der Waals surface area contributed by atoms with Gasteiger partial charge < -0.3 is 19.3 Å². The molecule has 3 saturated heterocycles. The van der Waals surface area contributed by atoms with Crippen molar-refractivity contribution in [2.24, 2.45) is 0 Å². The zero-order chi connectivity index (χ0) is 21.6. The highest BCUT2D eigenvalue weighted by Gasteiger charge is 2.58. The minimum atomic E-state index is -0.892. The molecule has 0 N–H and O–H groups in total. The molecule has 3 aliphatic heterocycles. The van der Waals surface area contributed by atoms with Gasteiger partial charge in [-0.25, -0.2) is 18.7 Å². The zero-order valence-electron chi connectivity index (χ0n) is 17.3. The maximum Gasteiger partial charge on any atom is 0.257 e. The number of carbonyl (C=O) groups is 1. The third kappa shape index (κ3) is 3.50. The molecule has 3 aliphatic rings. The Morgan fingerprint density at radius 1 is 1.13 bits per heavy atom. The van der Waals surface area contributed by atoms with E-state index < -0.39 is 17.2 Å². The summed E-state index contributed by atoms with van der Waals surface area (Å²) in [6.07, 6.45) is 5.25. The van der Waals surface area contributed by atoms with Crippen molar-refractivity contribution in [2.75, 3.05) is 24.6 Å². The number of piperidine rings is 1. The molecule has 1 aromatic carbocycles. The molecule has 0 radical (unpaired) electrons. The van der Waals surface area contributed by atoms with Crippen molar-refractivity contribution in [1.82, 2.24) is 14.9 Å². The normalized spacial score (nSPS) is 24.7. The van der Waals surface area contributed by atoms with Crippen LogP contribution in [0.4, 0.5) is 14.7 Å². The molecule has 9 heteroatoms. The quantitative estimate of drug-likeness (QED) is 0.742. The third-order valence-electron chi connectivity index (χ3n) is 6.37. The second-order valence-electron chi connectivity index (χ2n) is 8.21. The van der Waals surface area contributed by atoms with Crippen LogP contribution in [0.15, 0.2) is 30.6 Å². The van der Waals surface area contributed by atoms with E-state index in [1.54, 1.807) is 17.3 Å². The molecule has 0 aliphatic carbocycles. The predicted octanol–water partition coefficient (Wildman–Crippen LogP) is 3.21. The van der Waals surface area contributed by atoms with Crippen LogP contribution in [-0.4, -0.2) is 52.3 Å². The minimum Gasteiger partial charge on any atom is -0.491 e. The molecule has 4 heterocycles. The number of halogens is 2. The van der Waals surface area contributed by atoms with E-state index in [2.05, 4.69) is 9.97 Å². The molecule has 0 bridgehead atoms. The van der Waals surface area contributed by atoms with E-state index in [1.165, 1.54) is 12.1 Å². The number of ether oxygens (including phenoxy) is 2. The smallest absolute Gasteiger partial charge is 0.257 e.